The van der Waals surface area contributed by atoms with Crippen molar-refractivity contribution in [2.75, 3.05) is 39.8 Å². The summed E-state index contributed by atoms with van der Waals surface area (Å²) in [5.74, 6) is 0.643. The van der Waals surface area contributed by atoms with E-state index in [-0.39, 0.29) is 12.1 Å². The fraction of sp³-hybridized carbons (Fsp3) is 0.571. The van der Waals surface area contributed by atoms with Crippen LogP contribution in [0.1, 0.15) is 57.1 Å². The highest BCUT2D eigenvalue weighted by molar-refractivity contribution is 6.09. The van der Waals surface area contributed by atoms with Gasteiger partial charge < -0.3 is 15.5 Å². The van der Waals surface area contributed by atoms with E-state index in [1.807, 2.05) is 13.3 Å². The first-order valence-electron chi connectivity index (χ1n) is 12.8. The van der Waals surface area contributed by atoms with E-state index in [0.717, 1.165) is 62.4 Å². The smallest absolute Gasteiger partial charge is 0.225 e. The number of hydrogen-bond donors (Lipinski definition) is 1. The predicted octanol–water partition coefficient (Wildman–Crippen LogP) is 4.14. The Morgan fingerprint density at radius 3 is 2.59 bits per heavy atom. The Morgan fingerprint density at radius 1 is 1.24 bits per heavy atom. The number of nitrogens with two attached hydrogens (primary N) is 1. The molecular weight excluding hydrogens is 422 g/mol. The first kappa shape index (κ1) is 26.2. The number of nitrogens with zero attached hydrogens (tertiary/aromatic N) is 4. The predicted molar refractivity (Wildman–Crippen MR) is 142 cm³/mol. The Labute approximate surface area is 206 Å². The third-order valence-electron chi connectivity index (χ3n) is 7.30. The van der Waals surface area contributed by atoms with E-state index < -0.39 is 0 Å². The van der Waals surface area contributed by atoms with Crippen LogP contribution in [-0.2, 0) is 11.3 Å². The average Bonchev–Trinajstić information content (AvgIpc) is 2.88. The molecule has 0 radical (unpaired) electrons. The molecule has 1 saturated carbocycles. The minimum atomic E-state index is 0.0871. The second-order valence-electron chi connectivity index (χ2n) is 9.68. The summed E-state index contributed by atoms with van der Waals surface area (Å²) < 4.78 is 0. The largest absolute Gasteiger partial charge is 0.373 e. The molecule has 3 rings (SSSR count). The molecule has 2 aliphatic rings. The zero-order valence-corrected chi connectivity index (χ0v) is 21.4. The van der Waals surface area contributed by atoms with Gasteiger partial charge >= 0.3 is 0 Å². The highest BCUT2D eigenvalue weighted by Crippen LogP contribution is 2.26. The molecule has 34 heavy (non-hydrogen) atoms. The Kier molecular flexibility index (Phi) is 9.90. The maximum absolute atomic E-state index is 12.8. The number of amides is 1. The summed E-state index contributed by atoms with van der Waals surface area (Å²) in [6.07, 6.45) is 10.0. The van der Waals surface area contributed by atoms with Crippen LogP contribution in [0.4, 0.5) is 0 Å². The molecule has 0 bridgehead atoms. The maximum atomic E-state index is 12.8. The minimum absolute atomic E-state index is 0.0871. The first-order chi connectivity index (χ1) is 16.4. The molecule has 0 spiro atoms. The van der Waals surface area contributed by atoms with Gasteiger partial charge in [-0.3, -0.25) is 14.7 Å². The summed E-state index contributed by atoms with van der Waals surface area (Å²) in [6, 6.07) is 8.56. The van der Waals surface area contributed by atoms with E-state index in [1.54, 1.807) is 0 Å². The van der Waals surface area contributed by atoms with E-state index >= 15 is 0 Å². The summed E-state index contributed by atoms with van der Waals surface area (Å²) in [7, 11) is 2.02. The number of benzene rings is 1. The molecular formula is C28H43N5O. The Bertz CT molecular complexity index is 879. The zero-order chi connectivity index (χ0) is 24.5. The van der Waals surface area contributed by atoms with Crippen molar-refractivity contribution >= 4 is 17.7 Å². The minimum Gasteiger partial charge on any atom is -0.373 e. The van der Waals surface area contributed by atoms with Gasteiger partial charge in [-0.2, -0.15) is 0 Å². The van der Waals surface area contributed by atoms with Gasteiger partial charge in [0.05, 0.1) is 6.17 Å². The van der Waals surface area contributed by atoms with Crippen molar-refractivity contribution in [1.82, 2.24) is 14.7 Å². The molecule has 2 N–H and O–H groups in total. The number of rotatable bonds is 9. The van der Waals surface area contributed by atoms with Gasteiger partial charge in [0.1, 0.15) is 0 Å². The first-order valence-corrected chi connectivity index (χ1v) is 12.8. The standard InChI is InChI=1S/C28H43N5O/c1-5-25(27-13-9-10-24(18-27)21-31(4)22(2)19-29)20-30-23(3)32-14-16-33(17-15-32)28(34)26-11-7-6-8-12-26/h5,9-10,13,18,20,23,26H,2,6-8,11-12,14-17,19,21,29H2,1,3-4H3/b25-5+,30-20-. The molecule has 1 saturated heterocycles. The summed E-state index contributed by atoms with van der Waals surface area (Å²) in [5, 5.41) is 0. The molecule has 1 aliphatic carbocycles. The van der Waals surface area contributed by atoms with Gasteiger partial charge in [0.2, 0.25) is 5.91 Å². The fourth-order valence-corrected chi connectivity index (χ4v) is 4.91. The van der Waals surface area contributed by atoms with Crippen molar-refractivity contribution in [2.45, 2.75) is 58.7 Å². The molecule has 1 aliphatic heterocycles. The lowest BCUT2D eigenvalue weighted by atomic mass is 9.88. The number of allylic oxidation sites excluding steroid dienone is 2. The van der Waals surface area contributed by atoms with Crippen LogP contribution in [0.15, 0.2) is 47.6 Å². The lowest BCUT2D eigenvalue weighted by Crippen LogP contribution is -2.52. The highest BCUT2D eigenvalue weighted by atomic mass is 16.2. The normalized spacial score (nSPS) is 19.4. The van der Waals surface area contributed by atoms with Crippen molar-refractivity contribution in [2.24, 2.45) is 16.6 Å². The molecule has 1 atom stereocenters. The number of hydrogen-bond acceptors (Lipinski definition) is 5. The van der Waals surface area contributed by atoms with Crippen LogP contribution in [0, 0.1) is 5.92 Å². The van der Waals surface area contributed by atoms with Gasteiger partial charge in [-0.05, 0) is 49.5 Å². The molecule has 1 unspecified atom stereocenters. The molecule has 186 valence electrons. The quantitative estimate of drug-likeness (QED) is 0.557. The Hall–Kier alpha value is -2.44. The van der Waals surface area contributed by atoms with Crippen molar-refractivity contribution in [3.8, 4) is 0 Å². The lowest BCUT2D eigenvalue weighted by Gasteiger charge is -2.38. The molecule has 6 nitrogen and oxygen atoms in total. The van der Waals surface area contributed by atoms with Crippen molar-refractivity contribution in [3.63, 3.8) is 0 Å². The summed E-state index contributed by atoms with van der Waals surface area (Å²) >= 11 is 0. The van der Waals surface area contributed by atoms with Crippen LogP contribution < -0.4 is 5.73 Å². The van der Waals surface area contributed by atoms with Gasteiger partial charge in [0.15, 0.2) is 0 Å². The molecule has 1 aromatic carbocycles. The fourth-order valence-electron chi connectivity index (χ4n) is 4.91. The van der Waals surface area contributed by atoms with Crippen LogP contribution in [0.2, 0.25) is 0 Å². The van der Waals surface area contributed by atoms with Gasteiger partial charge in [-0.1, -0.05) is 50.1 Å². The number of aliphatic imine (C=N–C) groups is 1. The molecule has 2 fully saturated rings. The monoisotopic (exact) mass is 465 g/mol. The van der Waals surface area contributed by atoms with Crippen molar-refractivity contribution < 1.29 is 4.79 Å². The Balaban J connectivity index is 1.54. The summed E-state index contributed by atoms with van der Waals surface area (Å²) in [4.78, 5) is 24.3. The number of carbonyl (C=O) groups is 1. The van der Waals surface area contributed by atoms with Gasteiger partial charge in [0.25, 0.3) is 0 Å². The third-order valence-corrected chi connectivity index (χ3v) is 7.30. The summed E-state index contributed by atoms with van der Waals surface area (Å²) in [6.45, 7) is 12.8. The average molecular weight is 466 g/mol. The van der Waals surface area contributed by atoms with Crippen molar-refractivity contribution in [1.29, 1.82) is 0 Å². The highest BCUT2D eigenvalue weighted by Gasteiger charge is 2.29. The molecule has 0 aromatic heterocycles. The van der Waals surface area contributed by atoms with Gasteiger partial charge in [-0.15, -0.1) is 0 Å². The molecule has 1 aromatic rings. The maximum Gasteiger partial charge on any atom is 0.225 e. The van der Waals surface area contributed by atoms with Crippen LogP contribution in [-0.4, -0.2) is 72.8 Å². The van der Waals surface area contributed by atoms with E-state index in [0.29, 0.717) is 12.5 Å². The topological polar surface area (TPSA) is 65.2 Å². The van der Waals surface area contributed by atoms with E-state index in [4.69, 9.17) is 10.7 Å². The van der Waals surface area contributed by atoms with Crippen LogP contribution in [0.3, 0.4) is 0 Å². The molecule has 6 heteroatoms. The van der Waals surface area contributed by atoms with E-state index in [9.17, 15) is 4.79 Å². The SMILES string of the molecule is C=C(CN)N(C)Cc1cccc(C(/C=N\C(C)N2CCN(C(=O)C3CCCCC3)CC2)=C/C)c1. The lowest BCUT2D eigenvalue weighted by molar-refractivity contribution is -0.138. The Morgan fingerprint density at radius 2 is 1.94 bits per heavy atom. The number of likely N-dealkylation sites (N-methyl/N-ethyl adjacent to an activating group) is 1. The molecule has 1 heterocycles. The second-order valence-corrected chi connectivity index (χ2v) is 9.68. The van der Waals surface area contributed by atoms with E-state index in [1.165, 1.54) is 24.8 Å². The number of piperazine rings is 1. The second kappa shape index (κ2) is 12.9. The van der Waals surface area contributed by atoms with E-state index in [2.05, 4.69) is 65.5 Å². The van der Waals surface area contributed by atoms with Gasteiger partial charge in [0, 0.05) is 64.1 Å². The zero-order valence-electron chi connectivity index (χ0n) is 21.4. The number of carbonyl (C=O) groups excluding carboxylic acids is 1. The van der Waals surface area contributed by atoms with Crippen molar-refractivity contribution in [3.05, 3.63) is 53.7 Å². The van der Waals surface area contributed by atoms with Crippen LogP contribution in [0.25, 0.3) is 5.57 Å². The van der Waals surface area contributed by atoms with Gasteiger partial charge in [-0.25, -0.2) is 0 Å². The third kappa shape index (κ3) is 7.03. The summed E-state index contributed by atoms with van der Waals surface area (Å²) in [5.41, 5.74) is 10.1. The van der Waals surface area contributed by atoms with Crippen LogP contribution >= 0.6 is 0 Å². The van der Waals surface area contributed by atoms with Crippen LogP contribution in [0.5, 0.6) is 0 Å². The molecule has 1 amide bonds.